The molecule has 0 aliphatic heterocycles. The Kier molecular flexibility index (Phi) is 4.28. The molecule has 108 valence electrons. The van der Waals surface area contributed by atoms with Crippen LogP contribution in [0.5, 0.6) is 0 Å². The SMILES string of the molecule is CN(C(=O)c1cc(N)ccc1Br)c1ccc(C(=O)O)cc1. The second kappa shape index (κ2) is 5.97. The van der Waals surface area contributed by atoms with E-state index in [1.165, 1.54) is 17.0 Å². The van der Waals surface area contributed by atoms with Crippen molar-refractivity contribution < 1.29 is 14.7 Å². The Labute approximate surface area is 130 Å². The predicted molar refractivity (Wildman–Crippen MR) is 84.7 cm³/mol. The number of carboxylic acid groups (broad SMARTS) is 1. The van der Waals surface area contributed by atoms with Crippen LogP contribution in [0.3, 0.4) is 0 Å². The van der Waals surface area contributed by atoms with Crippen molar-refractivity contribution in [2.45, 2.75) is 0 Å². The van der Waals surface area contributed by atoms with Crippen LogP contribution in [0.1, 0.15) is 20.7 Å². The maximum atomic E-state index is 12.5. The summed E-state index contributed by atoms with van der Waals surface area (Å²) in [4.78, 5) is 24.7. The maximum Gasteiger partial charge on any atom is 0.335 e. The monoisotopic (exact) mass is 348 g/mol. The van der Waals surface area contributed by atoms with Crippen LogP contribution >= 0.6 is 15.9 Å². The fourth-order valence-corrected chi connectivity index (χ4v) is 2.25. The van der Waals surface area contributed by atoms with E-state index in [1.807, 2.05) is 0 Å². The van der Waals surface area contributed by atoms with Gasteiger partial charge in [0.15, 0.2) is 0 Å². The van der Waals surface area contributed by atoms with Gasteiger partial charge in [-0.25, -0.2) is 4.79 Å². The molecule has 0 unspecified atom stereocenters. The molecule has 2 rings (SSSR count). The highest BCUT2D eigenvalue weighted by Crippen LogP contribution is 2.23. The van der Waals surface area contributed by atoms with Crippen molar-refractivity contribution >= 4 is 39.2 Å². The molecule has 2 aromatic carbocycles. The fraction of sp³-hybridized carbons (Fsp3) is 0.0667. The first kappa shape index (κ1) is 15.1. The average Bonchev–Trinajstić information content (AvgIpc) is 2.48. The maximum absolute atomic E-state index is 12.5. The minimum absolute atomic E-state index is 0.171. The first-order valence-corrected chi connectivity index (χ1v) is 6.86. The highest BCUT2D eigenvalue weighted by atomic mass is 79.9. The number of nitrogen functional groups attached to an aromatic ring is 1. The van der Waals surface area contributed by atoms with Crippen LogP contribution in [0.25, 0.3) is 0 Å². The van der Waals surface area contributed by atoms with Crippen LogP contribution in [-0.4, -0.2) is 24.0 Å². The molecule has 5 nitrogen and oxygen atoms in total. The van der Waals surface area contributed by atoms with E-state index in [0.717, 1.165) is 0 Å². The Hall–Kier alpha value is -2.34. The number of hydrogen-bond donors (Lipinski definition) is 2. The zero-order chi connectivity index (χ0) is 15.6. The molecule has 0 bridgehead atoms. The molecule has 6 heteroatoms. The van der Waals surface area contributed by atoms with Gasteiger partial charge in [0, 0.05) is 22.9 Å². The molecule has 0 fully saturated rings. The van der Waals surface area contributed by atoms with Crippen LogP contribution in [0.15, 0.2) is 46.9 Å². The molecule has 0 aliphatic rings. The first-order chi connectivity index (χ1) is 9.90. The van der Waals surface area contributed by atoms with Gasteiger partial charge in [0.2, 0.25) is 0 Å². The van der Waals surface area contributed by atoms with Gasteiger partial charge in [0.05, 0.1) is 11.1 Å². The number of amides is 1. The molecular weight excluding hydrogens is 336 g/mol. The lowest BCUT2D eigenvalue weighted by molar-refractivity contribution is 0.0696. The summed E-state index contributed by atoms with van der Waals surface area (Å²) in [6, 6.07) is 11.1. The van der Waals surface area contributed by atoms with Crippen LogP contribution in [0.2, 0.25) is 0 Å². The number of hydrogen-bond acceptors (Lipinski definition) is 3. The van der Waals surface area contributed by atoms with Gasteiger partial charge in [-0.1, -0.05) is 0 Å². The summed E-state index contributed by atoms with van der Waals surface area (Å²) >= 11 is 3.32. The molecule has 0 saturated carbocycles. The van der Waals surface area contributed by atoms with Crippen molar-refractivity contribution in [1.82, 2.24) is 0 Å². The van der Waals surface area contributed by atoms with Gasteiger partial charge in [-0.3, -0.25) is 4.79 Å². The quantitative estimate of drug-likeness (QED) is 0.835. The zero-order valence-corrected chi connectivity index (χ0v) is 12.8. The number of aromatic carboxylic acids is 1. The molecule has 1 amide bonds. The van der Waals surface area contributed by atoms with E-state index >= 15 is 0 Å². The first-order valence-electron chi connectivity index (χ1n) is 6.06. The summed E-state index contributed by atoms with van der Waals surface area (Å²) in [5.74, 6) is -1.24. The Bertz CT molecular complexity index is 699. The molecule has 0 aliphatic carbocycles. The highest BCUT2D eigenvalue weighted by Gasteiger charge is 2.17. The largest absolute Gasteiger partial charge is 0.478 e. The molecule has 3 N–H and O–H groups in total. The van der Waals surface area contributed by atoms with Crippen LogP contribution in [0, 0.1) is 0 Å². The van der Waals surface area contributed by atoms with Crippen molar-refractivity contribution in [2.75, 3.05) is 17.7 Å². The summed E-state index contributed by atoms with van der Waals surface area (Å²) in [5.41, 5.74) is 7.41. The molecule has 0 aromatic heterocycles. The van der Waals surface area contributed by atoms with Crippen molar-refractivity contribution in [3.05, 3.63) is 58.1 Å². The Morgan fingerprint density at radius 3 is 2.33 bits per heavy atom. The third-order valence-corrected chi connectivity index (χ3v) is 3.72. The van der Waals surface area contributed by atoms with E-state index in [2.05, 4.69) is 15.9 Å². The number of nitrogens with two attached hydrogens (primary N) is 1. The van der Waals surface area contributed by atoms with Crippen molar-refractivity contribution in [3.8, 4) is 0 Å². The van der Waals surface area contributed by atoms with Gasteiger partial charge in [0.1, 0.15) is 0 Å². The van der Waals surface area contributed by atoms with Gasteiger partial charge in [-0.2, -0.15) is 0 Å². The summed E-state index contributed by atoms with van der Waals surface area (Å²) in [6.45, 7) is 0. The van der Waals surface area contributed by atoms with E-state index in [1.54, 1.807) is 37.4 Å². The molecule has 21 heavy (non-hydrogen) atoms. The lowest BCUT2D eigenvalue weighted by Crippen LogP contribution is -2.26. The van der Waals surface area contributed by atoms with Gasteiger partial charge >= 0.3 is 5.97 Å². The average molecular weight is 349 g/mol. The topological polar surface area (TPSA) is 83.6 Å². The van der Waals surface area contributed by atoms with Crippen molar-refractivity contribution in [2.24, 2.45) is 0 Å². The molecular formula is C15H13BrN2O3. The standard InChI is InChI=1S/C15H13BrN2O3/c1-18(11-5-2-9(3-6-11)15(20)21)14(19)12-8-10(17)4-7-13(12)16/h2-8H,17H2,1H3,(H,20,21). The highest BCUT2D eigenvalue weighted by molar-refractivity contribution is 9.10. The Balaban J connectivity index is 2.30. The number of benzene rings is 2. The Morgan fingerprint density at radius 1 is 1.14 bits per heavy atom. The van der Waals surface area contributed by atoms with Crippen LogP contribution in [-0.2, 0) is 0 Å². The predicted octanol–water partition coefficient (Wildman–Crippen LogP) is 3.01. The minimum Gasteiger partial charge on any atom is -0.478 e. The number of carbonyl (C=O) groups is 2. The van der Waals surface area contributed by atoms with Gasteiger partial charge < -0.3 is 15.7 Å². The van der Waals surface area contributed by atoms with E-state index in [0.29, 0.717) is 21.4 Å². The number of rotatable bonds is 3. The van der Waals surface area contributed by atoms with E-state index in [-0.39, 0.29) is 11.5 Å². The summed E-state index contributed by atoms with van der Waals surface area (Å²) in [7, 11) is 1.62. The summed E-state index contributed by atoms with van der Waals surface area (Å²) in [6.07, 6.45) is 0. The summed E-state index contributed by atoms with van der Waals surface area (Å²) in [5, 5.41) is 8.87. The van der Waals surface area contributed by atoms with Crippen LogP contribution < -0.4 is 10.6 Å². The molecule has 0 heterocycles. The smallest absolute Gasteiger partial charge is 0.335 e. The minimum atomic E-state index is -1.01. The van der Waals surface area contributed by atoms with E-state index < -0.39 is 5.97 Å². The number of carbonyl (C=O) groups excluding carboxylic acids is 1. The second-order valence-corrected chi connectivity index (χ2v) is 5.31. The molecule has 0 spiro atoms. The van der Waals surface area contributed by atoms with Gasteiger partial charge in [-0.15, -0.1) is 0 Å². The lowest BCUT2D eigenvalue weighted by Gasteiger charge is -2.18. The van der Waals surface area contributed by atoms with Crippen molar-refractivity contribution in [1.29, 1.82) is 0 Å². The zero-order valence-electron chi connectivity index (χ0n) is 11.2. The molecule has 0 saturated heterocycles. The van der Waals surface area contributed by atoms with Gasteiger partial charge in [-0.05, 0) is 58.4 Å². The van der Waals surface area contributed by atoms with Crippen LogP contribution in [0.4, 0.5) is 11.4 Å². The van der Waals surface area contributed by atoms with Crippen molar-refractivity contribution in [3.63, 3.8) is 0 Å². The number of anilines is 2. The third-order valence-electron chi connectivity index (χ3n) is 3.03. The normalized spacial score (nSPS) is 10.2. The fourth-order valence-electron chi connectivity index (χ4n) is 1.83. The van der Waals surface area contributed by atoms with E-state index in [4.69, 9.17) is 10.8 Å². The Morgan fingerprint density at radius 2 is 1.76 bits per heavy atom. The number of carboxylic acids is 1. The molecule has 0 atom stereocenters. The third kappa shape index (κ3) is 3.22. The number of nitrogens with zero attached hydrogens (tertiary/aromatic N) is 1. The molecule has 0 radical (unpaired) electrons. The lowest BCUT2D eigenvalue weighted by atomic mass is 10.1. The second-order valence-electron chi connectivity index (χ2n) is 4.46. The van der Waals surface area contributed by atoms with Gasteiger partial charge in [0.25, 0.3) is 5.91 Å². The van der Waals surface area contributed by atoms with E-state index in [9.17, 15) is 9.59 Å². The number of halogens is 1. The summed E-state index contributed by atoms with van der Waals surface area (Å²) < 4.78 is 0.649. The molecule has 2 aromatic rings.